The van der Waals surface area contributed by atoms with Gasteiger partial charge in [0.25, 0.3) is 0 Å². The summed E-state index contributed by atoms with van der Waals surface area (Å²) in [4.78, 5) is 11.0. The number of hydrogen-bond acceptors (Lipinski definition) is 7. The van der Waals surface area contributed by atoms with Crippen LogP contribution in [0.4, 0.5) is 5.82 Å². The lowest BCUT2D eigenvalue weighted by Crippen LogP contribution is -2.35. The Morgan fingerprint density at radius 3 is 2.25 bits per heavy atom. The van der Waals surface area contributed by atoms with Gasteiger partial charge in [-0.2, -0.15) is 10.5 Å². The molecule has 1 fully saturated rings. The molecule has 24 heavy (non-hydrogen) atoms. The minimum atomic E-state index is -0.0699. The number of aromatic nitrogens is 2. The topological polar surface area (TPSA) is 96.8 Å². The Kier molecular flexibility index (Phi) is 6.04. The molecule has 0 amide bonds. The highest BCUT2D eigenvalue weighted by Gasteiger charge is 2.26. The number of piperidine rings is 1. The predicted molar refractivity (Wildman–Crippen MR) is 93.7 cm³/mol. The van der Waals surface area contributed by atoms with E-state index >= 15 is 0 Å². The van der Waals surface area contributed by atoms with E-state index < -0.39 is 0 Å². The Morgan fingerprint density at radius 2 is 1.75 bits per heavy atom. The minimum Gasteiger partial charge on any atom is -0.396 e. The van der Waals surface area contributed by atoms with Crippen LogP contribution in [0.15, 0.2) is 5.03 Å². The van der Waals surface area contributed by atoms with Gasteiger partial charge in [-0.1, -0.05) is 32.5 Å². The van der Waals surface area contributed by atoms with Gasteiger partial charge in [-0.05, 0) is 25.2 Å². The van der Waals surface area contributed by atoms with Crippen molar-refractivity contribution in [1.82, 2.24) is 9.97 Å². The van der Waals surface area contributed by atoms with E-state index in [1.165, 1.54) is 0 Å². The number of thioether (sulfide) groups is 1. The number of anilines is 1. The van der Waals surface area contributed by atoms with E-state index in [1.807, 2.05) is 12.1 Å². The van der Waals surface area contributed by atoms with Crippen molar-refractivity contribution in [1.29, 1.82) is 10.5 Å². The second-order valence-corrected chi connectivity index (χ2v) is 8.75. The van der Waals surface area contributed by atoms with Crippen LogP contribution >= 0.6 is 11.8 Å². The van der Waals surface area contributed by atoms with E-state index in [0.29, 0.717) is 16.8 Å². The highest BCUT2D eigenvalue weighted by Crippen LogP contribution is 2.37. The maximum Gasteiger partial charge on any atom is 0.179 e. The third-order valence-corrected chi connectivity index (χ3v) is 4.99. The average Bonchev–Trinajstić information content (AvgIpc) is 2.54. The van der Waals surface area contributed by atoms with Crippen molar-refractivity contribution >= 4 is 17.6 Å². The third-order valence-electron chi connectivity index (χ3n) is 3.91. The Morgan fingerprint density at radius 1 is 1.17 bits per heavy atom. The fraction of sp³-hybridized carbons (Fsp3) is 0.647. The molecule has 0 aliphatic carbocycles. The number of rotatable bonds is 4. The summed E-state index contributed by atoms with van der Waals surface area (Å²) < 4.78 is -0.0699. The number of nitriles is 2. The van der Waals surface area contributed by atoms with Crippen molar-refractivity contribution in [2.24, 2.45) is 5.92 Å². The first-order valence-electron chi connectivity index (χ1n) is 8.15. The molecule has 0 aromatic carbocycles. The lowest BCUT2D eigenvalue weighted by Gasteiger charge is -2.34. The Bertz CT molecular complexity index is 663. The highest BCUT2D eigenvalue weighted by atomic mass is 32.2. The van der Waals surface area contributed by atoms with Gasteiger partial charge in [0, 0.05) is 24.4 Å². The van der Waals surface area contributed by atoms with Gasteiger partial charge in [-0.3, -0.25) is 0 Å². The zero-order valence-corrected chi connectivity index (χ0v) is 15.2. The average molecular weight is 345 g/mol. The van der Waals surface area contributed by atoms with Crippen LogP contribution < -0.4 is 4.90 Å². The van der Waals surface area contributed by atoms with Crippen LogP contribution in [0.1, 0.15) is 51.4 Å². The van der Waals surface area contributed by atoms with Crippen molar-refractivity contribution in [3.8, 4) is 12.1 Å². The number of aliphatic hydroxyl groups is 1. The molecule has 0 saturated carbocycles. The van der Waals surface area contributed by atoms with E-state index in [-0.39, 0.29) is 22.7 Å². The van der Waals surface area contributed by atoms with Crippen molar-refractivity contribution in [2.75, 3.05) is 24.6 Å². The van der Waals surface area contributed by atoms with E-state index in [1.54, 1.807) is 11.8 Å². The maximum atomic E-state index is 9.25. The quantitative estimate of drug-likeness (QED) is 0.838. The summed E-state index contributed by atoms with van der Waals surface area (Å²) in [6.45, 7) is 8.13. The first-order valence-corrected chi connectivity index (χ1v) is 8.96. The van der Waals surface area contributed by atoms with Gasteiger partial charge >= 0.3 is 0 Å². The molecule has 7 heteroatoms. The van der Waals surface area contributed by atoms with Crippen molar-refractivity contribution < 1.29 is 5.11 Å². The van der Waals surface area contributed by atoms with Gasteiger partial charge in [0.05, 0.1) is 0 Å². The molecule has 2 heterocycles. The molecule has 6 nitrogen and oxygen atoms in total. The van der Waals surface area contributed by atoms with E-state index in [9.17, 15) is 10.5 Å². The van der Waals surface area contributed by atoms with Crippen LogP contribution in [0.3, 0.4) is 0 Å². The SMILES string of the molecule is CC(C)(C)Sc1nc(C#N)c(C#N)nc1N1CCC(CCO)CC1. The van der Waals surface area contributed by atoms with Crippen LogP contribution in [-0.2, 0) is 0 Å². The standard InChI is InChI=1S/C17H23N5OS/c1-17(2,3)24-16-15(20-13(10-18)14(11-19)21-16)22-7-4-12(5-8-22)6-9-23/h12,23H,4-9H2,1-3H3. The Balaban J connectivity index is 2.34. The second-order valence-electron chi connectivity index (χ2n) is 6.93. The van der Waals surface area contributed by atoms with Gasteiger partial charge in [-0.25, -0.2) is 9.97 Å². The van der Waals surface area contributed by atoms with E-state index in [4.69, 9.17) is 5.11 Å². The number of hydrogen-bond donors (Lipinski definition) is 1. The van der Waals surface area contributed by atoms with Crippen LogP contribution in [-0.4, -0.2) is 39.5 Å². The van der Waals surface area contributed by atoms with Crippen LogP contribution in [0, 0.1) is 28.6 Å². The summed E-state index contributed by atoms with van der Waals surface area (Å²) in [6.07, 6.45) is 2.81. The zero-order chi connectivity index (χ0) is 17.7. The lowest BCUT2D eigenvalue weighted by molar-refractivity contribution is 0.240. The molecule has 1 saturated heterocycles. The van der Waals surface area contributed by atoms with Gasteiger partial charge < -0.3 is 10.0 Å². The Labute approximate surface area is 147 Å². The molecule has 1 aromatic heterocycles. The summed E-state index contributed by atoms with van der Waals surface area (Å²) in [5.41, 5.74) is 0.173. The highest BCUT2D eigenvalue weighted by molar-refractivity contribution is 8.00. The molecule has 0 unspecified atom stereocenters. The molecule has 128 valence electrons. The monoisotopic (exact) mass is 345 g/mol. The normalized spacial score (nSPS) is 15.8. The molecule has 2 rings (SSSR count). The molecule has 0 spiro atoms. The minimum absolute atomic E-state index is 0.0699. The van der Waals surface area contributed by atoms with E-state index in [2.05, 4.69) is 35.6 Å². The maximum absolute atomic E-state index is 9.25. The summed E-state index contributed by atoms with van der Waals surface area (Å²) in [7, 11) is 0. The molecule has 1 aliphatic rings. The molecule has 1 aromatic rings. The third kappa shape index (κ3) is 4.59. The number of aliphatic hydroxyl groups excluding tert-OH is 1. The predicted octanol–water partition coefficient (Wildman–Crippen LogP) is 2.71. The largest absolute Gasteiger partial charge is 0.396 e. The van der Waals surface area contributed by atoms with Crippen LogP contribution in [0.5, 0.6) is 0 Å². The fourth-order valence-corrected chi connectivity index (χ4v) is 3.73. The molecular weight excluding hydrogens is 322 g/mol. The molecular formula is C17H23N5OS. The van der Waals surface area contributed by atoms with Crippen molar-refractivity contribution in [2.45, 2.75) is 49.8 Å². The molecule has 1 aliphatic heterocycles. The lowest BCUT2D eigenvalue weighted by atomic mass is 9.94. The molecule has 0 bridgehead atoms. The van der Waals surface area contributed by atoms with Crippen LogP contribution in [0.2, 0.25) is 0 Å². The van der Waals surface area contributed by atoms with Gasteiger partial charge in [0.1, 0.15) is 17.2 Å². The summed E-state index contributed by atoms with van der Waals surface area (Å²) in [5.74, 6) is 1.24. The Hall–Kier alpha value is -1.83. The van der Waals surface area contributed by atoms with Gasteiger partial charge in [-0.15, -0.1) is 0 Å². The van der Waals surface area contributed by atoms with Crippen LogP contribution in [0.25, 0.3) is 0 Å². The molecule has 0 atom stereocenters. The molecule has 1 N–H and O–H groups in total. The zero-order valence-electron chi connectivity index (χ0n) is 14.4. The summed E-state index contributed by atoms with van der Waals surface area (Å²) in [6, 6.07) is 3.95. The van der Waals surface area contributed by atoms with Gasteiger partial charge in [0.15, 0.2) is 17.2 Å². The van der Waals surface area contributed by atoms with Crippen molar-refractivity contribution in [3.63, 3.8) is 0 Å². The van der Waals surface area contributed by atoms with E-state index in [0.717, 1.165) is 32.4 Å². The smallest absolute Gasteiger partial charge is 0.179 e. The second kappa shape index (κ2) is 7.83. The van der Waals surface area contributed by atoms with Crippen molar-refractivity contribution in [3.05, 3.63) is 11.4 Å². The first-order chi connectivity index (χ1) is 11.4. The first kappa shape index (κ1) is 18.5. The molecule has 0 radical (unpaired) electrons. The van der Waals surface area contributed by atoms with Gasteiger partial charge in [0.2, 0.25) is 0 Å². The number of nitrogens with zero attached hydrogens (tertiary/aromatic N) is 5. The summed E-state index contributed by atoms with van der Waals surface area (Å²) >= 11 is 1.57. The summed E-state index contributed by atoms with van der Waals surface area (Å²) in [5, 5.41) is 28.3. The fourth-order valence-electron chi connectivity index (χ4n) is 2.75.